The molecule has 0 spiro atoms. The second kappa shape index (κ2) is 9.33. The maximum Gasteiger partial charge on any atom is 0.223 e. The molecule has 1 aromatic rings. The number of nitrogens with two attached hydrogens (primary N) is 1. The Morgan fingerprint density at radius 2 is 1.79 bits per heavy atom. The standard InChI is InChI=1S/C18H26F2N2O.ClH/c1-2-22(12-14-15(19)7-6-8-16(14)20)17(23)11-18(13-21)9-4-3-5-10-18;/h6-8H,2-5,9-13,21H2,1H3;1H. The molecule has 1 aromatic carbocycles. The second-order valence-electron chi connectivity index (χ2n) is 6.55. The van der Waals surface area contributed by atoms with Crippen LogP contribution in [-0.2, 0) is 11.3 Å². The molecule has 1 aliphatic carbocycles. The third-order valence-electron chi connectivity index (χ3n) is 5.02. The van der Waals surface area contributed by atoms with E-state index in [1.165, 1.54) is 29.5 Å². The topological polar surface area (TPSA) is 46.3 Å². The normalized spacial score (nSPS) is 16.3. The molecule has 0 unspecified atom stereocenters. The van der Waals surface area contributed by atoms with Gasteiger partial charge in [0.05, 0.1) is 6.54 Å². The van der Waals surface area contributed by atoms with E-state index in [2.05, 4.69) is 0 Å². The highest BCUT2D eigenvalue weighted by atomic mass is 35.5. The Bertz CT molecular complexity index is 528. The first-order valence-electron chi connectivity index (χ1n) is 8.42. The zero-order chi connectivity index (χ0) is 16.9. The van der Waals surface area contributed by atoms with Crippen molar-refractivity contribution in [1.82, 2.24) is 4.90 Å². The molecule has 6 heteroatoms. The lowest BCUT2D eigenvalue weighted by Gasteiger charge is -2.37. The molecule has 2 rings (SSSR count). The Hall–Kier alpha value is -1.20. The monoisotopic (exact) mass is 360 g/mol. The summed E-state index contributed by atoms with van der Waals surface area (Å²) in [5.74, 6) is -1.28. The SMILES string of the molecule is CCN(Cc1c(F)cccc1F)C(=O)CC1(CN)CCCCC1.Cl. The summed E-state index contributed by atoms with van der Waals surface area (Å²) in [5.41, 5.74) is 5.75. The van der Waals surface area contributed by atoms with Crippen molar-refractivity contribution in [2.24, 2.45) is 11.1 Å². The Morgan fingerprint density at radius 1 is 1.21 bits per heavy atom. The first-order chi connectivity index (χ1) is 11.0. The van der Waals surface area contributed by atoms with Gasteiger partial charge in [-0.15, -0.1) is 12.4 Å². The summed E-state index contributed by atoms with van der Waals surface area (Å²) in [6.07, 6.45) is 5.67. The first kappa shape index (κ1) is 20.8. The molecule has 0 bridgehead atoms. The van der Waals surface area contributed by atoms with Crippen LogP contribution in [0.3, 0.4) is 0 Å². The van der Waals surface area contributed by atoms with Gasteiger partial charge in [-0.25, -0.2) is 8.78 Å². The molecule has 1 saturated carbocycles. The quantitative estimate of drug-likeness (QED) is 0.832. The van der Waals surface area contributed by atoms with Gasteiger partial charge >= 0.3 is 0 Å². The van der Waals surface area contributed by atoms with Crippen LogP contribution in [0.5, 0.6) is 0 Å². The molecule has 0 aliphatic heterocycles. The number of carbonyl (C=O) groups is 1. The van der Waals surface area contributed by atoms with Crippen molar-refractivity contribution in [3.05, 3.63) is 35.4 Å². The summed E-state index contributed by atoms with van der Waals surface area (Å²) < 4.78 is 27.6. The first-order valence-corrected chi connectivity index (χ1v) is 8.42. The maximum atomic E-state index is 13.8. The highest BCUT2D eigenvalue weighted by Gasteiger charge is 2.34. The number of carbonyl (C=O) groups excluding carboxylic acids is 1. The van der Waals surface area contributed by atoms with Crippen LogP contribution in [0, 0.1) is 17.0 Å². The zero-order valence-corrected chi connectivity index (χ0v) is 15.0. The van der Waals surface area contributed by atoms with Crippen LogP contribution in [0.1, 0.15) is 51.0 Å². The van der Waals surface area contributed by atoms with Gasteiger partial charge in [-0.05, 0) is 43.9 Å². The van der Waals surface area contributed by atoms with Crippen molar-refractivity contribution in [2.45, 2.75) is 52.0 Å². The van der Waals surface area contributed by atoms with Crippen LogP contribution in [-0.4, -0.2) is 23.9 Å². The van der Waals surface area contributed by atoms with Crippen LogP contribution >= 0.6 is 12.4 Å². The van der Waals surface area contributed by atoms with Crippen molar-refractivity contribution in [3.8, 4) is 0 Å². The summed E-state index contributed by atoms with van der Waals surface area (Å²) in [7, 11) is 0. The van der Waals surface area contributed by atoms with E-state index in [1.54, 1.807) is 0 Å². The van der Waals surface area contributed by atoms with E-state index in [9.17, 15) is 13.6 Å². The molecular weight excluding hydrogens is 334 g/mol. The van der Waals surface area contributed by atoms with E-state index >= 15 is 0 Å². The van der Waals surface area contributed by atoms with Crippen molar-refractivity contribution in [1.29, 1.82) is 0 Å². The lowest BCUT2D eigenvalue weighted by Crippen LogP contribution is -2.40. The third kappa shape index (κ3) is 4.90. The van der Waals surface area contributed by atoms with Gasteiger partial charge < -0.3 is 10.6 Å². The fourth-order valence-electron chi connectivity index (χ4n) is 3.44. The van der Waals surface area contributed by atoms with E-state index in [0.29, 0.717) is 19.5 Å². The number of hydrogen-bond acceptors (Lipinski definition) is 2. The zero-order valence-electron chi connectivity index (χ0n) is 14.2. The Morgan fingerprint density at radius 3 is 2.29 bits per heavy atom. The van der Waals surface area contributed by atoms with E-state index in [4.69, 9.17) is 5.73 Å². The lowest BCUT2D eigenvalue weighted by molar-refractivity contribution is -0.134. The predicted molar refractivity (Wildman–Crippen MR) is 93.9 cm³/mol. The minimum Gasteiger partial charge on any atom is -0.338 e. The number of nitrogens with zero attached hydrogens (tertiary/aromatic N) is 1. The van der Waals surface area contributed by atoms with E-state index in [-0.39, 0.29) is 35.8 Å². The smallest absolute Gasteiger partial charge is 0.223 e. The third-order valence-corrected chi connectivity index (χ3v) is 5.02. The molecule has 0 atom stereocenters. The largest absolute Gasteiger partial charge is 0.338 e. The highest BCUT2D eigenvalue weighted by Crippen LogP contribution is 2.38. The summed E-state index contributed by atoms with van der Waals surface area (Å²) in [6, 6.07) is 3.77. The van der Waals surface area contributed by atoms with Crippen molar-refractivity contribution >= 4 is 18.3 Å². The maximum absolute atomic E-state index is 13.8. The molecule has 0 aromatic heterocycles. The van der Waals surface area contributed by atoms with Gasteiger partial charge in [0.1, 0.15) is 11.6 Å². The van der Waals surface area contributed by atoms with Crippen LogP contribution in [0.4, 0.5) is 8.78 Å². The molecule has 0 heterocycles. The fraction of sp³-hybridized carbons (Fsp3) is 0.611. The number of halogens is 3. The summed E-state index contributed by atoms with van der Waals surface area (Å²) in [5, 5.41) is 0. The summed E-state index contributed by atoms with van der Waals surface area (Å²) in [4.78, 5) is 14.2. The Balaban J connectivity index is 0.00000288. The van der Waals surface area contributed by atoms with Gasteiger partial charge in [0.15, 0.2) is 0 Å². The molecule has 136 valence electrons. The van der Waals surface area contributed by atoms with Crippen LogP contribution in [0.2, 0.25) is 0 Å². The van der Waals surface area contributed by atoms with Gasteiger partial charge in [-0.1, -0.05) is 25.3 Å². The van der Waals surface area contributed by atoms with Crippen molar-refractivity contribution in [2.75, 3.05) is 13.1 Å². The van der Waals surface area contributed by atoms with E-state index in [0.717, 1.165) is 25.7 Å². The van der Waals surface area contributed by atoms with Crippen LogP contribution in [0.25, 0.3) is 0 Å². The average Bonchev–Trinajstić information content (AvgIpc) is 2.55. The van der Waals surface area contributed by atoms with Gasteiger partial charge in [0, 0.05) is 18.5 Å². The van der Waals surface area contributed by atoms with Crippen molar-refractivity contribution in [3.63, 3.8) is 0 Å². The fourth-order valence-corrected chi connectivity index (χ4v) is 3.44. The van der Waals surface area contributed by atoms with E-state index < -0.39 is 11.6 Å². The molecule has 0 saturated heterocycles. The molecule has 3 nitrogen and oxygen atoms in total. The van der Waals surface area contributed by atoms with Gasteiger partial charge in [-0.3, -0.25) is 4.79 Å². The predicted octanol–water partition coefficient (Wildman–Crippen LogP) is 4.03. The van der Waals surface area contributed by atoms with Gasteiger partial charge in [0.25, 0.3) is 0 Å². The molecule has 0 radical (unpaired) electrons. The van der Waals surface area contributed by atoms with E-state index in [1.807, 2.05) is 6.92 Å². The molecular formula is C18H27ClF2N2O. The number of rotatable bonds is 6. The Labute approximate surface area is 149 Å². The lowest BCUT2D eigenvalue weighted by atomic mass is 9.71. The molecule has 1 amide bonds. The van der Waals surface area contributed by atoms with Crippen LogP contribution < -0.4 is 5.73 Å². The summed E-state index contributed by atoms with van der Waals surface area (Å²) >= 11 is 0. The number of hydrogen-bond donors (Lipinski definition) is 1. The second-order valence-corrected chi connectivity index (χ2v) is 6.55. The minimum atomic E-state index is -0.609. The number of amides is 1. The van der Waals surface area contributed by atoms with Gasteiger partial charge in [-0.2, -0.15) is 0 Å². The minimum absolute atomic E-state index is 0. The van der Waals surface area contributed by atoms with Crippen LogP contribution in [0.15, 0.2) is 18.2 Å². The van der Waals surface area contributed by atoms with Gasteiger partial charge in [0.2, 0.25) is 5.91 Å². The number of benzene rings is 1. The van der Waals surface area contributed by atoms with Crippen molar-refractivity contribution < 1.29 is 13.6 Å². The average molecular weight is 361 g/mol. The highest BCUT2D eigenvalue weighted by molar-refractivity contribution is 5.85. The molecule has 24 heavy (non-hydrogen) atoms. The molecule has 1 fully saturated rings. The summed E-state index contributed by atoms with van der Waals surface area (Å²) in [6.45, 7) is 2.71. The Kier molecular flexibility index (Phi) is 8.10. The molecule has 2 N–H and O–H groups in total. The molecule has 1 aliphatic rings.